The lowest BCUT2D eigenvalue weighted by Crippen LogP contribution is -2.40. The number of hydrogen-bond donors (Lipinski definition) is 2. The molecule has 0 heterocycles. The van der Waals surface area contributed by atoms with Crippen molar-refractivity contribution < 1.29 is 9.90 Å². The highest BCUT2D eigenvalue weighted by molar-refractivity contribution is 6.33. The highest BCUT2D eigenvalue weighted by Crippen LogP contribution is 2.25. The van der Waals surface area contributed by atoms with Gasteiger partial charge in [0.25, 0.3) is 5.91 Å². The number of carbonyl (C=O) groups excluding carboxylic acids is 1. The van der Waals surface area contributed by atoms with Crippen LogP contribution in [0.25, 0.3) is 0 Å². The van der Waals surface area contributed by atoms with Gasteiger partial charge < -0.3 is 10.4 Å². The topological polar surface area (TPSA) is 49.3 Å². The Kier molecular flexibility index (Phi) is 5.23. The summed E-state index contributed by atoms with van der Waals surface area (Å²) in [6, 6.07) is 6.88. The van der Waals surface area contributed by atoms with Crippen molar-refractivity contribution >= 4 is 17.5 Å². The van der Waals surface area contributed by atoms with E-state index in [0.29, 0.717) is 10.6 Å². The molecule has 1 unspecified atom stereocenters. The molecule has 3 nitrogen and oxygen atoms in total. The van der Waals surface area contributed by atoms with Gasteiger partial charge in [0, 0.05) is 5.92 Å². The fraction of sp³-hybridized carbons (Fsp3) is 0.533. The minimum Gasteiger partial charge on any atom is -0.373 e. The molecule has 1 amide bonds. The maximum absolute atomic E-state index is 12.0. The van der Waals surface area contributed by atoms with Crippen molar-refractivity contribution in [2.45, 2.75) is 44.8 Å². The van der Waals surface area contributed by atoms with E-state index >= 15 is 0 Å². The van der Waals surface area contributed by atoms with Crippen LogP contribution in [-0.4, -0.2) is 17.2 Å². The van der Waals surface area contributed by atoms with Crippen molar-refractivity contribution in [1.29, 1.82) is 0 Å². The highest BCUT2D eigenvalue weighted by Gasteiger charge is 2.23. The van der Waals surface area contributed by atoms with Gasteiger partial charge in [-0.3, -0.25) is 4.79 Å². The molecule has 4 heteroatoms. The Morgan fingerprint density at radius 1 is 1.21 bits per heavy atom. The second kappa shape index (κ2) is 6.92. The largest absolute Gasteiger partial charge is 0.373 e. The number of carbonyl (C=O) groups is 1. The Balaban J connectivity index is 1.96. The summed E-state index contributed by atoms with van der Waals surface area (Å²) >= 11 is 5.97. The summed E-state index contributed by atoms with van der Waals surface area (Å²) in [5.74, 6) is -0.142. The van der Waals surface area contributed by atoms with Crippen molar-refractivity contribution in [2.24, 2.45) is 5.92 Å². The SMILES string of the molecule is O=C(NC(O)C1CCCCCC1)c1ccccc1Cl. The Bertz CT molecular complexity index is 428. The van der Waals surface area contributed by atoms with Crippen molar-refractivity contribution in [1.82, 2.24) is 5.32 Å². The summed E-state index contributed by atoms with van der Waals surface area (Å²) < 4.78 is 0. The minimum absolute atomic E-state index is 0.161. The molecule has 1 aliphatic carbocycles. The fourth-order valence-corrected chi connectivity index (χ4v) is 2.82. The number of hydrogen-bond acceptors (Lipinski definition) is 2. The molecule has 0 spiro atoms. The molecule has 1 aromatic rings. The van der Waals surface area contributed by atoms with E-state index in [9.17, 15) is 9.90 Å². The first-order valence-corrected chi connectivity index (χ1v) is 7.30. The van der Waals surface area contributed by atoms with Gasteiger partial charge in [-0.25, -0.2) is 0 Å². The standard InChI is InChI=1S/C15H20ClNO2/c16-13-10-6-5-9-12(13)15(19)17-14(18)11-7-3-1-2-4-8-11/h5-6,9-11,14,18H,1-4,7-8H2,(H,17,19). The smallest absolute Gasteiger partial charge is 0.254 e. The summed E-state index contributed by atoms with van der Waals surface area (Å²) in [6.45, 7) is 0. The zero-order valence-electron chi connectivity index (χ0n) is 10.9. The molecule has 0 aromatic heterocycles. The van der Waals surface area contributed by atoms with Gasteiger partial charge in [-0.15, -0.1) is 0 Å². The lowest BCUT2D eigenvalue weighted by molar-refractivity contribution is 0.0532. The first-order chi connectivity index (χ1) is 9.18. The van der Waals surface area contributed by atoms with Gasteiger partial charge in [0.2, 0.25) is 0 Å². The molecule has 2 N–H and O–H groups in total. The lowest BCUT2D eigenvalue weighted by Gasteiger charge is -2.22. The van der Waals surface area contributed by atoms with E-state index in [1.807, 2.05) is 0 Å². The molecule has 1 atom stereocenters. The van der Waals surface area contributed by atoms with Gasteiger partial charge in [0.15, 0.2) is 0 Å². The maximum atomic E-state index is 12.0. The van der Waals surface area contributed by atoms with Crippen LogP contribution in [-0.2, 0) is 0 Å². The summed E-state index contributed by atoms with van der Waals surface area (Å²) in [5, 5.41) is 13.2. The molecule has 0 radical (unpaired) electrons. The monoisotopic (exact) mass is 281 g/mol. The number of rotatable bonds is 3. The molecule has 0 aliphatic heterocycles. The average Bonchev–Trinajstić information content (AvgIpc) is 2.68. The number of amides is 1. The zero-order valence-corrected chi connectivity index (χ0v) is 11.7. The molecule has 1 fully saturated rings. The number of benzene rings is 1. The van der Waals surface area contributed by atoms with Gasteiger partial charge in [-0.05, 0) is 25.0 Å². The Morgan fingerprint density at radius 3 is 2.47 bits per heavy atom. The van der Waals surface area contributed by atoms with Crippen LogP contribution in [0.5, 0.6) is 0 Å². The van der Waals surface area contributed by atoms with Gasteiger partial charge in [0.1, 0.15) is 6.23 Å². The van der Waals surface area contributed by atoms with Crippen molar-refractivity contribution in [3.8, 4) is 0 Å². The zero-order chi connectivity index (χ0) is 13.7. The number of aliphatic hydroxyl groups excluding tert-OH is 1. The quantitative estimate of drug-likeness (QED) is 0.659. The molecular weight excluding hydrogens is 262 g/mol. The Hall–Kier alpha value is -1.06. The molecule has 0 bridgehead atoms. The van der Waals surface area contributed by atoms with Gasteiger partial charge in [-0.1, -0.05) is 49.4 Å². The first-order valence-electron chi connectivity index (χ1n) is 6.92. The van der Waals surface area contributed by atoms with E-state index in [1.165, 1.54) is 12.8 Å². The third-order valence-corrected chi connectivity index (χ3v) is 4.07. The summed E-state index contributed by atoms with van der Waals surface area (Å²) in [7, 11) is 0. The normalized spacial score (nSPS) is 18.6. The summed E-state index contributed by atoms with van der Waals surface area (Å²) in [4.78, 5) is 12.0. The fourth-order valence-electron chi connectivity index (χ4n) is 2.60. The van der Waals surface area contributed by atoms with Crippen LogP contribution >= 0.6 is 11.6 Å². The average molecular weight is 282 g/mol. The van der Waals surface area contributed by atoms with E-state index in [4.69, 9.17) is 11.6 Å². The third-order valence-electron chi connectivity index (χ3n) is 3.74. The second-order valence-electron chi connectivity index (χ2n) is 5.15. The van der Waals surface area contributed by atoms with Crippen LogP contribution in [0.3, 0.4) is 0 Å². The van der Waals surface area contributed by atoms with Gasteiger partial charge in [0.05, 0.1) is 10.6 Å². The van der Waals surface area contributed by atoms with Gasteiger partial charge >= 0.3 is 0 Å². The third kappa shape index (κ3) is 3.95. The first kappa shape index (κ1) is 14.4. The maximum Gasteiger partial charge on any atom is 0.254 e. The van der Waals surface area contributed by atoms with Crippen molar-refractivity contribution in [2.75, 3.05) is 0 Å². The number of aliphatic hydroxyl groups is 1. The number of nitrogens with one attached hydrogen (secondary N) is 1. The Morgan fingerprint density at radius 2 is 1.84 bits per heavy atom. The van der Waals surface area contributed by atoms with Crippen molar-refractivity contribution in [3.05, 3.63) is 34.9 Å². The van der Waals surface area contributed by atoms with Crippen LogP contribution in [0.15, 0.2) is 24.3 Å². The van der Waals surface area contributed by atoms with E-state index in [-0.39, 0.29) is 11.8 Å². The van der Waals surface area contributed by atoms with Crippen LogP contribution in [0.1, 0.15) is 48.9 Å². The summed E-state index contributed by atoms with van der Waals surface area (Å²) in [5.41, 5.74) is 0.414. The van der Waals surface area contributed by atoms with E-state index in [1.54, 1.807) is 24.3 Å². The molecule has 19 heavy (non-hydrogen) atoms. The molecule has 2 rings (SSSR count). The van der Waals surface area contributed by atoms with Crippen LogP contribution in [0.4, 0.5) is 0 Å². The predicted octanol–water partition coefficient (Wildman–Crippen LogP) is 3.36. The lowest BCUT2D eigenvalue weighted by atomic mass is 9.98. The second-order valence-corrected chi connectivity index (χ2v) is 5.56. The molecule has 1 saturated carbocycles. The van der Waals surface area contributed by atoms with Gasteiger partial charge in [-0.2, -0.15) is 0 Å². The highest BCUT2D eigenvalue weighted by atomic mass is 35.5. The van der Waals surface area contributed by atoms with E-state index in [2.05, 4.69) is 5.32 Å². The van der Waals surface area contributed by atoms with Crippen molar-refractivity contribution in [3.63, 3.8) is 0 Å². The van der Waals surface area contributed by atoms with Crippen LogP contribution in [0, 0.1) is 5.92 Å². The Labute approximate surface area is 119 Å². The predicted molar refractivity (Wildman–Crippen MR) is 76.1 cm³/mol. The van der Waals surface area contributed by atoms with E-state index in [0.717, 1.165) is 25.7 Å². The van der Waals surface area contributed by atoms with E-state index < -0.39 is 6.23 Å². The van der Waals surface area contributed by atoms with Crippen LogP contribution < -0.4 is 5.32 Å². The molecule has 104 valence electrons. The van der Waals surface area contributed by atoms with Crippen LogP contribution in [0.2, 0.25) is 5.02 Å². The minimum atomic E-state index is -0.776. The molecule has 1 aromatic carbocycles. The molecule has 0 saturated heterocycles. The molecule has 1 aliphatic rings. The number of halogens is 1. The summed E-state index contributed by atoms with van der Waals surface area (Å²) in [6.07, 6.45) is 5.88. The molecular formula is C15H20ClNO2.